The number of nitrogens with one attached hydrogen (secondary N) is 2. The number of rotatable bonds is 6. The second-order valence-corrected chi connectivity index (χ2v) is 5.18. The van der Waals surface area contributed by atoms with Gasteiger partial charge in [0.1, 0.15) is 17.5 Å². The standard InChI is InChI=1S/C16H23N5/c1-5-9-17-15-11-16(19-12(2)18-15)20-13-7-6-8-14(10-13)21(3)4/h6-8,10-11H,5,9H2,1-4H3,(H2,17,18,19,20). The Morgan fingerprint density at radius 1 is 1.10 bits per heavy atom. The molecule has 0 amide bonds. The first-order chi connectivity index (χ1) is 10.1. The molecule has 0 spiro atoms. The minimum absolute atomic E-state index is 0.752. The molecule has 5 nitrogen and oxygen atoms in total. The van der Waals surface area contributed by atoms with Crippen molar-refractivity contribution in [2.75, 3.05) is 36.2 Å². The average molecular weight is 285 g/mol. The minimum Gasteiger partial charge on any atom is -0.378 e. The zero-order chi connectivity index (χ0) is 15.2. The monoisotopic (exact) mass is 285 g/mol. The number of hydrogen-bond donors (Lipinski definition) is 2. The fraction of sp³-hybridized carbons (Fsp3) is 0.375. The van der Waals surface area contributed by atoms with E-state index in [0.29, 0.717) is 0 Å². The molecule has 1 heterocycles. The highest BCUT2D eigenvalue weighted by molar-refractivity contribution is 5.64. The highest BCUT2D eigenvalue weighted by Crippen LogP contribution is 2.21. The van der Waals surface area contributed by atoms with Gasteiger partial charge in [0.25, 0.3) is 0 Å². The zero-order valence-electron chi connectivity index (χ0n) is 13.1. The summed E-state index contributed by atoms with van der Waals surface area (Å²) in [6, 6.07) is 10.2. The molecule has 0 fully saturated rings. The smallest absolute Gasteiger partial charge is 0.136 e. The molecule has 112 valence electrons. The normalized spacial score (nSPS) is 10.3. The summed E-state index contributed by atoms with van der Waals surface area (Å²) in [6.07, 6.45) is 1.07. The highest BCUT2D eigenvalue weighted by atomic mass is 15.1. The maximum absolute atomic E-state index is 4.44. The van der Waals surface area contributed by atoms with Crippen molar-refractivity contribution in [2.45, 2.75) is 20.3 Å². The van der Waals surface area contributed by atoms with Gasteiger partial charge in [-0.1, -0.05) is 13.0 Å². The summed E-state index contributed by atoms with van der Waals surface area (Å²) in [5.41, 5.74) is 2.16. The third kappa shape index (κ3) is 4.34. The van der Waals surface area contributed by atoms with E-state index in [9.17, 15) is 0 Å². The van der Waals surface area contributed by atoms with Gasteiger partial charge in [0.05, 0.1) is 0 Å². The summed E-state index contributed by atoms with van der Waals surface area (Å²) in [7, 11) is 4.06. The fourth-order valence-electron chi connectivity index (χ4n) is 1.99. The lowest BCUT2D eigenvalue weighted by Crippen LogP contribution is -2.09. The van der Waals surface area contributed by atoms with Gasteiger partial charge in [-0.25, -0.2) is 9.97 Å². The van der Waals surface area contributed by atoms with Crippen LogP contribution in [0, 0.1) is 6.92 Å². The van der Waals surface area contributed by atoms with E-state index < -0.39 is 0 Å². The molecule has 0 unspecified atom stereocenters. The number of hydrogen-bond acceptors (Lipinski definition) is 5. The Kier molecular flexibility index (Phi) is 4.98. The Bertz CT molecular complexity index is 595. The molecule has 0 saturated carbocycles. The van der Waals surface area contributed by atoms with Gasteiger partial charge in [0, 0.05) is 38.1 Å². The van der Waals surface area contributed by atoms with Crippen LogP contribution < -0.4 is 15.5 Å². The summed E-state index contributed by atoms with van der Waals surface area (Å²) in [6.45, 7) is 4.94. The maximum atomic E-state index is 4.44. The van der Waals surface area contributed by atoms with Crippen LogP contribution in [0.5, 0.6) is 0 Å². The lowest BCUT2D eigenvalue weighted by Gasteiger charge is -2.14. The predicted molar refractivity (Wildman–Crippen MR) is 89.6 cm³/mol. The Hall–Kier alpha value is -2.30. The number of nitrogens with zero attached hydrogens (tertiary/aromatic N) is 3. The van der Waals surface area contributed by atoms with Crippen molar-refractivity contribution in [1.29, 1.82) is 0 Å². The lowest BCUT2D eigenvalue weighted by atomic mass is 10.2. The molecule has 21 heavy (non-hydrogen) atoms. The molecule has 2 rings (SSSR count). The van der Waals surface area contributed by atoms with E-state index in [4.69, 9.17) is 0 Å². The number of benzene rings is 1. The van der Waals surface area contributed by atoms with Gasteiger partial charge in [-0.15, -0.1) is 0 Å². The molecule has 0 aliphatic carbocycles. The Morgan fingerprint density at radius 3 is 2.57 bits per heavy atom. The van der Waals surface area contributed by atoms with Crippen molar-refractivity contribution in [3.8, 4) is 0 Å². The summed E-state index contributed by atoms with van der Waals surface area (Å²) in [5.74, 6) is 2.41. The quantitative estimate of drug-likeness (QED) is 0.851. The molecule has 0 radical (unpaired) electrons. The van der Waals surface area contributed by atoms with Gasteiger partial charge >= 0.3 is 0 Å². The molecule has 0 aliphatic heterocycles. The molecule has 5 heteroatoms. The topological polar surface area (TPSA) is 53.1 Å². The number of aromatic nitrogens is 2. The third-order valence-corrected chi connectivity index (χ3v) is 3.03. The molecular weight excluding hydrogens is 262 g/mol. The SMILES string of the molecule is CCCNc1cc(Nc2cccc(N(C)C)c2)nc(C)n1. The first-order valence-corrected chi connectivity index (χ1v) is 7.22. The third-order valence-electron chi connectivity index (χ3n) is 3.03. The van der Waals surface area contributed by atoms with Crippen molar-refractivity contribution in [3.05, 3.63) is 36.2 Å². The van der Waals surface area contributed by atoms with Crippen LogP contribution in [-0.4, -0.2) is 30.6 Å². The Balaban J connectivity index is 2.18. The van der Waals surface area contributed by atoms with Crippen LogP contribution in [0.25, 0.3) is 0 Å². The lowest BCUT2D eigenvalue weighted by molar-refractivity contribution is 0.955. The van der Waals surface area contributed by atoms with Crippen LogP contribution in [0.1, 0.15) is 19.2 Å². The van der Waals surface area contributed by atoms with E-state index in [0.717, 1.165) is 41.8 Å². The van der Waals surface area contributed by atoms with Crippen LogP contribution in [0.15, 0.2) is 30.3 Å². The van der Waals surface area contributed by atoms with Gasteiger partial charge in [-0.3, -0.25) is 0 Å². The molecule has 1 aromatic carbocycles. The zero-order valence-corrected chi connectivity index (χ0v) is 13.1. The van der Waals surface area contributed by atoms with E-state index in [1.54, 1.807) is 0 Å². The van der Waals surface area contributed by atoms with E-state index in [1.807, 2.05) is 39.2 Å². The summed E-state index contributed by atoms with van der Waals surface area (Å²) in [5, 5.41) is 6.63. The van der Waals surface area contributed by atoms with Gasteiger partial charge < -0.3 is 15.5 Å². The minimum atomic E-state index is 0.752. The van der Waals surface area contributed by atoms with E-state index >= 15 is 0 Å². The van der Waals surface area contributed by atoms with Crippen molar-refractivity contribution in [3.63, 3.8) is 0 Å². The van der Waals surface area contributed by atoms with Crippen molar-refractivity contribution in [2.24, 2.45) is 0 Å². The van der Waals surface area contributed by atoms with Gasteiger partial charge in [-0.05, 0) is 31.5 Å². The summed E-state index contributed by atoms with van der Waals surface area (Å²) in [4.78, 5) is 10.9. The molecule has 1 aromatic heterocycles. The molecular formula is C16H23N5. The summed E-state index contributed by atoms with van der Waals surface area (Å²) >= 11 is 0. The maximum Gasteiger partial charge on any atom is 0.136 e. The van der Waals surface area contributed by atoms with E-state index in [1.165, 1.54) is 0 Å². The highest BCUT2D eigenvalue weighted by Gasteiger charge is 2.03. The first-order valence-electron chi connectivity index (χ1n) is 7.22. The molecule has 0 saturated heterocycles. The average Bonchev–Trinajstić information content (AvgIpc) is 2.45. The van der Waals surface area contributed by atoms with Gasteiger partial charge in [0.15, 0.2) is 0 Å². The van der Waals surface area contributed by atoms with E-state index in [-0.39, 0.29) is 0 Å². The number of aryl methyl sites for hydroxylation is 1. The second kappa shape index (κ2) is 6.92. The van der Waals surface area contributed by atoms with Crippen molar-refractivity contribution < 1.29 is 0 Å². The first kappa shape index (κ1) is 15.1. The second-order valence-electron chi connectivity index (χ2n) is 5.18. The van der Waals surface area contributed by atoms with Gasteiger partial charge in [-0.2, -0.15) is 0 Å². The Morgan fingerprint density at radius 2 is 1.86 bits per heavy atom. The van der Waals surface area contributed by atoms with Crippen LogP contribution >= 0.6 is 0 Å². The molecule has 2 N–H and O–H groups in total. The largest absolute Gasteiger partial charge is 0.378 e. The molecule has 2 aromatic rings. The molecule has 0 bridgehead atoms. The predicted octanol–water partition coefficient (Wildman–Crippen LogP) is 3.42. The van der Waals surface area contributed by atoms with Crippen molar-refractivity contribution >= 4 is 23.0 Å². The molecule has 0 atom stereocenters. The Labute approximate surface area is 126 Å². The van der Waals surface area contributed by atoms with Crippen molar-refractivity contribution in [1.82, 2.24) is 9.97 Å². The van der Waals surface area contributed by atoms with Crippen LogP contribution in [-0.2, 0) is 0 Å². The van der Waals surface area contributed by atoms with Crippen LogP contribution in [0.4, 0.5) is 23.0 Å². The summed E-state index contributed by atoms with van der Waals surface area (Å²) < 4.78 is 0. The van der Waals surface area contributed by atoms with E-state index in [2.05, 4.69) is 44.6 Å². The molecule has 0 aliphatic rings. The van der Waals surface area contributed by atoms with Gasteiger partial charge in [0.2, 0.25) is 0 Å². The van der Waals surface area contributed by atoms with Crippen LogP contribution in [0.3, 0.4) is 0 Å². The fourth-order valence-corrected chi connectivity index (χ4v) is 1.99. The van der Waals surface area contributed by atoms with Crippen LogP contribution in [0.2, 0.25) is 0 Å². The number of anilines is 4.